The number of Topliss-reactive ketones (excluding diaryl/α,β-unsaturated/α-hetero) is 1. The third-order valence-electron chi connectivity index (χ3n) is 7.05. The van der Waals surface area contributed by atoms with Crippen LogP contribution in [0.3, 0.4) is 0 Å². The minimum absolute atomic E-state index is 0.0738. The molecule has 1 spiro atoms. The summed E-state index contributed by atoms with van der Waals surface area (Å²) >= 11 is 0. The lowest BCUT2D eigenvalue weighted by Gasteiger charge is -2.56. The van der Waals surface area contributed by atoms with Gasteiger partial charge in [-0.05, 0) is 31.9 Å². The molecule has 0 aliphatic carbocycles. The number of hydrogen-bond acceptors (Lipinski definition) is 7. The van der Waals surface area contributed by atoms with Crippen molar-refractivity contribution in [2.45, 2.75) is 44.9 Å². The van der Waals surface area contributed by atoms with E-state index in [1.165, 1.54) is 0 Å². The number of ether oxygens (including phenoxy) is 1. The largest absolute Gasteiger partial charge is 0.372 e. The van der Waals surface area contributed by atoms with E-state index in [1.54, 1.807) is 12.4 Å². The lowest BCUT2D eigenvalue weighted by atomic mass is 9.64. The molecule has 10 heteroatoms. The zero-order valence-electron chi connectivity index (χ0n) is 17.6. The number of aromatic nitrogens is 3. The van der Waals surface area contributed by atoms with Gasteiger partial charge in [-0.15, -0.1) is 0 Å². The quantitative estimate of drug-likeness (QED) is 0.558. The average molecular weight is 439 g/mol. The monoisotopic (exact) mass is 439 g/mol. The molecule has 0 saturated carbocycles. The molecule has 5 heterocycles. The van der Waals surface area contributed by atoms with Crippen molar-refractivity contribution in [3.05, 3.63) is 29.8 Å². The second kappa shape index (κ2) is 6.61. The molecule has 2 aromatic heterocycles. The van der Waals surface area contributed by atoms with Crippen LogP contribution in [0.15, 0.2) is 23.0 Å². The highest BCUT2D eigenvalue weighted by molar-refractivity contribution is 6.05. The Morgan fingerprint density at radius 3 is 2.91 bits per heavy atom. The predicted molar refractivity (Wildman–Crippen MR) is 111 cm³/mol. The predicted octanol–water partition coefficient (Wildman–Crippen LogP) is 1.97. The van der Waals surface area contributed by atoms with Gasteiger partial charge in [0, 0.05) is 24.8 Å². The molecule has 3 aromatic rings. The van der Waals surface area contributed by atoms with Gasteiger partial charge in [-0.25, -0.2) is 4.39 Å². The number of aromatic amines is 1. The molecule has 3 aliphatic rings. The van der Waals surface area contributed by atoms with Gasteiger partial charge in [-0.1, -0.05) is 5.16 Å². The van der Waals surface area contributed by atoms with Gasteiger partial charge in [0.25, 0.3) is 0 Å². The Morgan fingerprint density at radius 2 is 2.16 bits per heavy atom. The molecule has 6 rings (SSSR count). The van der Waals surface area contributed by atoms with Crippen LogP contribution in [0.4, 0.5) is 10.1 Å². The van der Waals surface area contributed by atoms with Crippen LogP contribution >= 0.6 is 0 Å². The summed E-state index contributed by atoms with van der Waals surface area (Å²) in [5.41, 5.74) is 1.47. The molecule has 2 N–H and O–H groups in total. The lowest BCUT2D eigenvalue weighted by molar-refractivity contribution is -0.145. The zero-order valence-corrected chi connectivity index (χ0v) is 17.6. The third kappa shape index (κ3) is 2.52. The Hall–Kier alpha value is -3.27. The zero-order chi connectivity index (χ0) is 22.2. The molecule has 3 aliphatic heterocycles. The van der Waals surface area contributed by atoms with E-state index in [9.17, 15) is 9.59 Å². The second-order valence-corrected chi connectivity index (χ2v) is 9.05. The SMILES string of the molecule is C[C@@H]1CN2c3c(cc4c(-c5cn[nH]c5)noc4c3F)CC3(CNC(=O)CC3=O)[C@H]2[C@H](C)O1. The minimum atomic E-state index is -0.895. The first-order valence-electron chi connectivity index (χ1n) is 10.7. The van der Waals surface area contributed by atoms with Crippen molar-refractivity contribution in [2.75, 3.05) is 18.0 Å². The lowest BCUT2D eigenvalue weighted by Crippen LogP contribution is -2.70. The second-order valence-electron chi connectivity index (χ2n) is 9.05. The normalized spacial score (nSPS) is 29.8. The van der Waals surface area contributed by atoms with Crippen LogP contribution in [-0.4, -0.2) is 58.4 Å². The van der Waals surface area contributed by atoms with Crippen LogP contribution in [0.25, 0.3) is 22.2 Å². The molecule has 2 saturated heterocycles. The summed E-state index contributed by atoms with van der Waals surface area (Å²) in [5, 5.41) is 14.2. The van der Waals surface area contributed by atoms with Crippen molar-refractivity contribution in [3.63, 3.8) is 0 Å². The van der Waals surface area contributed by atoms with E-state index in [0.29, 0.717) is 40.9 Å². The smallest absolute Gasteiger partial charge is 0.227 e. The van der Waals surface area contributed by atoms with Crippen molar-refractivity contribution in [1.82, 2.24) is 20.7 Å². The maximum Gasteiger partial charge on any atom is 0.227 e. The van der Waals surface area contributed by atoms with E-state index in [-0.39, 0.29) is 42.4 Å². The summed E-state index contributed by atoms with van der Waals surface area (Å²) in [7, 11) is 0. The fraction of sp³-hybridized carbons (Fsp3) is 0.455. The number of halogens is 1. The number of H-pyrrole nitrogens is 1. The Morgan fingerprint density at radius 1 is 1.31 bits per heavy atom. The first kappa shape index (κ1) is 19.4. The van der Waals surface area contributed by atoms with Gasteiger partial charge in [-0.2, -0.15) is 5.10 Å². The highest BCUT2D eigenvalue weighted by atomic mass is 19.1. The first-order chi connectivity index (χ1) is 15.4. The molecule has 2 fully saturated rings. The maximum absolute atomic E-state index is 16.0. The number of rotatable bonds is 1. The van der Waals surface area contributed by atoms with Crippen LogP contribution in [-0.2, 0) is 20.7 Å². The van der Waals surface area contributed by atoms with Crippen LogP contribution in [0.5, 0.6) is 0 Å². The number of carbonyl (C=O) groups is 2. The van der Waals surface area contributed by atoms with Crippen molar-refractivity contribution in [1.29, 1.82) is 0 Å². The van der Waals surface area contributed by atoms with Gasteiger partial charge >= 0.3 is 0 Å². The summed E-state index contributed by atoms with van der Waals surface area (Å²) in [6.45, 7) is 4.47. The fourth-order valence-electron chi connectivity index (χ4n) is 5.83. The van der Waals surface area contributed by atoms with E-state index in [1.807, 2.05) is 24.8 Å². The number of benzene rings is 1. The average Bonchev–Trinajstić information content (AvgIpc) is 3.40. The Balaban J connectivity index is 1.58. The molecule has 1 amide bonds. The molecule has 0 bridgehead atoms. The minimum Gasteiger partial charge on any atom is -0.372 e. The standard InChI is InChI=1S/C22H22FN5O4/c1-10-8-28-19-12(3-14-18(13-6-25-26-7-13)27-32-20(14)17(19)23)5-22(21(28)11(2)31-10)9-24-16(30)4-15(22)29/h3,6-7,10-11,21H,4-5,8-9H2,1-2H3,(H,24,30)(H,25,26)/t10-,11+,21-,22?/m1/s1. The van der Waals surface area contributed by atoms with Crippen LogP contribution in [0.1, 0.15) is 25.8 Å². The van der Waals surface area contributed by atoms with Crippen LogP contribution < -0.4 is 10.2 Å². The molecule has 9 nitrogen and oxygen atoms in total. The van der Waals surface area contributed by atoms with Crippen molar-refractivity contribution < 1.29 is 23.2 Å². The number of morpholine rings is 1. The summed E-state index contributed by atoms with van der Waals surface area (Å²) in [5.74, 6) is -0.903. The highest BCUT2D eigenvalue weighted by Gasteiger charge is 2.58. The van der Waals surface area contributed by atoms with E-state index in [2.05, 4.69) is 20.7 Å². The molecule has 0 radical (unpaired) electrons. The topological polar surface area (TPSA) is 113 Å². The summed E-state index contributed by atoms with van der Waals surface area (Å²) < 4.78 is 27.5. The highest BCUT2D eigenvalue weighted by Crippen LogP contribution is 2.50. The Kier molecular flexibility index (Phi) is 4.01. The number of amides is 1. The van der Waals surface area contributed by atoms with Gasteiger partial charge in [-0.3, -0.25) is 14.7 Å². The van der Waals surface area contributed by atoms with Crippen molar-refractivity contribution in [2.24, 2.45) is 5.41 Å². The molecule has 32 heavy (non-hydrogen) atoms. The van der Waals surface area contributed by atoms with Crippen molar-refractivity contribution in [3.8, 4) is 11.3 Å². The van der Waals surface area contributed by atoms with Gasteiger partial charge in [0.15, 0.2) is 11.6 Å². The van der Waals surface area contributed by atoms with Gasteiger partial charge in [0.05, 0.1) is 47.4 Å². The number of hydrogen-bond donors (Lipinski definition) is 2. The van der Waals surface area contributed by atoms with Crippen LogP contribution in [0, 0.1) is 11.2 Å². The van der Waals surface area contributed by atoms with Gasteiger partial charge < -0.3 is 19.5 Å². The van der Waals surface area contributed by atoms with Gasteiger partial charge in [0.1, 0.15) is 5.69 Å². The number of anilines is 1. The third-order valence-corrected chi connectivity index (χ3v) is 7.05. The number of ketones is 1. The Labute approximate surface area is 182 Å². The van der Waals surface area contributed by atoms with Crippen LogP contribution in [0.2, 0.25) is 0 Å². The summed E-state index contributed by atoms with van der Waals surface area (Å²) in [6.07, 6.45) is 2.91. The molecule has 1 aromatic carbocycles. The molecule has 4 atom stereocenters. The molecular weight excluding hydrogens is 417 g/mol. The van der Waals surface area contributed by atoms with Crippen molar-refractivity contribution >= 4 is 28.3 Å². The van der Waals surface area contributed by atoms with E-state index in [4.69, 9.17) is 9.26 Å². The number of fused-ring (bicyclic) bond motifs is 5. The Bertz CT molecular complexity index is 1250. The number of piperidine rings is 1. The number of carbonyl (C=O) groups excluding carboxylic acids is 2. The summed E-state index contributed by atoms with van der Waals surface area (Å²) in [6, 6.07) is 1.46. The number of nitrogens with one attached hydrogen (secondary N) is 2. The molecule has 166 valence electrons. The molecule has 1 unspecified atom stereocenters. The molecular formula is C22H22FN5O4. The van der Waals surface area contributed by atoms with E-state index >= 15 is 4.39 Å². The number of nitrogens with zero attached hydrogens (tertiary/aromatic N) is 3. The van der Waals surface area contributed by atoms with E-state index in [0.717, 1.165) is 0 Å². The van der Waals surface area contributed by atoms with E-state index < -0.39 is 17.3 Å². The first-order valence-corrected chi connectivity index (χ1v) is 10.7. The van der Waals surface area contributed by atoms with Gasteiger partial charge in [0.2, 0.25) is 11.5 Å². The summed E-state index contributed by atoms with van der Waals surface area (Å²) in [4.78, 5) is 27.2. The maximum atomic E-state index is 16.0. The fourth-order valence-corrected chi connectivity index (χ4v) is 5.83.